The maximum absolute atomic E-state index is 13.4. The van der Waals surface area contributed by atoms with Crippen LogP contribution in [0.5, 0.6) is 0 Å². The summed E-state index contributed by atoms with van der Waals surface area (Å²) in [5.74, 6) is -0.187. The number of nitrogens with one attached hydrogen (secondary N) is 1. The molecule has 0 aliphatic rings. The van der Waals surface area contributed by atoms with Crippen LogP contribution in [0.4, 0.5) is 15.2 Å². The van der Waals surface area contributed by atoms with Gasteiger partial charge in [-0.15, -0.1) is 11.3 Å². The van der Waals surface area contributed by atoms with E-state index >= 15 is 0 Å². The number of hydrogen-bond acceptors (Lipinski definition) is 3. The summed E-state index contributed by atoms with van der Waals surface area (Å²) >= 11 is 1.55. The Bertz CT molecular complexity index is 824. The average molecular weight is 312 g/mol. The summed E-state index contributed by atoms with van der Waals surface area (Å²) in [5.41, 5.74) is 5.92. The van der Waals surface area contributed by atoms with E-state index in [0.717, 1.165) is 22.1 Å². The summed E-state index contributed by atoms with van der Waals surface area (Å²) < 4.78 is 13.4. The topological polar surface area (TPSA) is 24.9 Å². The molecule has 0 aliphatic heterocycles. The van der Waals surface area contributed by atoms with E-state index in [1.807, 2.05) is 11.4 Å². The minimum absolute atomic E-state index is 0.187. The maximum Gasteiger partial charge on any atom is 0.187 e. The number of aryl methyl sites for hydroxylation is 3. The molecule has 0 saturated heterocycles. The molecule has 0 atom stereocenters. The van der Waals surface area contributed by atoms with Crippen molar-refractivity contribution in [3.63, 3.8) is 0 Å². The fraction of sp³-hybridized carbons (Fsp3) is 0.167. The second-order valence-corrected chi connectivity index (χ2v) is 6.30. The molecule has 0 aliphatic carbocycles. The van der Waals surface area contributed by atoms with E-state index in [2.05, 4.69) is 42.3 Å². The largest absolute Gasteiger partial charge is 0.331 e. The van der Waals surface area contributed by atoms with Crippen LogP contribution in [0.25, 0.3) is 11.3 Å². The molecule has 0 spiro atoms. The molecule has 3 rings (SSSR count). The monoisotopic (exact) mass is 312 g/mol. The molecule has 2 aromatic carbocycles. The zero-order valence-electron chi connectivity index (χ0n) is 12.8. The van der Waals surface area contributed by atoms with Crippen LogP contribution in [-0.4, -0.2) is 4.98 Å². The molecule has 0 fully saturated rings. The van der Waals surface area contributed by atoms with Crippen molar-refractivity contribution in [3.8, 4) is 11.3 Å². The summed E-state index contributed by atoms with van der Waals surface area (Å²) in [4.78, 5) is 4.60. The Kier molecular flexibility index (Phi) is 3.94. The average Bonchev–Trinajstić information content (AvgIpc) is 2.93. The highest BCUT2D eigenvalue weighted by molar-refractivity contribution is 7.14. The van der Waals surface area contributed by atoms with Gasteiger partial charge in [0.2, 0.25) is 0 Å². The molecule has 1 aromatic heterocycles. The van der Waals surface area contributed by atoms with Gasteiger partial charge in [0.15, 0.2) is 5.13 Å². The van der Waals surface area contributed by atoms with Crippen LogP contribution in [0, 0.1) is 26.6 Å². The molecule has 112 valence electrons. The first kappa shape index (κ1) is 14.7. The number of hydrogen-bond donors (Lipinski definition) is 1. The van der Waals surface area contributed by atoms with Crippen LogP contribution in [-0.2, 0) is 0 Å². The molecule has 0 unspecified atom stereocenters. The van der Waals surface area contributed by atoms with Crippen LogP contribution in [0.3, 0.4) is 0 Å². The van der Waals surface area contributed by atoms with Crippen LogP contribution in [0.1, 0.15) is 16.7 Å². The van der Waals surface area contributed by atoms with Gasteiger partial charge in [-0.2, -0.15) is 0 Å². The molecule has 2 nitrogen and oxygen atoms in total. The van der Waals surface area contributed by atoms with Gasteiger partial charge >= 0.3 is 0 Å². The molecule has 0 bridgehead atoms. The lowest BCUT2D eigenvalue weighted by Crippen LogP contribution is -1.93. The normalized spacial score (nSPS) is 10.7. The smallest absolute Gasteiger partial charge is 0.187 e. The summed E-state index contributed by atoms with van der Waals surface area (Å²) in [6, 6.07) is 11.4. The predicted molar refractivity (Wildman–Crippen MR) is 91.4 cm³/mol. The van der Waals surface area contributed by atoms with Gasteiger partial charge in [-0.3, -0.25) is 0 Å². The third-order valence-electron chi connectivity index (χ3n) is 3.58. The van der Waals surface area contributed by atoms with Crippen molar-refractivity contribution in [1.82, 2.24) is 4.98 Å². The van der Waals surface area contributed by atoms with E-state index < -0.39 is 0 Å². The van der Waals surface area contributed by atoms with E-state index in [0.29, 0.717) is 5.56 Å². The standard InChI is InChI=1S/C18H17FN2S/c1-11-4-7-16(13(3)8-11)20-18-21-17(10-22-18)14-5-6-15(19)12(2)9-14/h4-10H,1-3H3,(H,20,21). The van der Waals surface area contributed by atoms with Gasteiger partial charge in [-0.25, -0.2) is 9.37 Å². The molecule has 22 heavy (non-hydrogen) atoms. The van der Waals surface area contributed by atoms with Crippen molar-refractivity contribution in [1.29, 1.82) is 0 Å². The maximum atomic E-state index is 13.4. The third kappa shape index (κ3) is 3.02. The summed E-state index contributed by atoms with van der Waals surface area (Å²) in [5, 5.41) is 6.17. The predicted octanol–water partition coefficient (Wildman–Crippen LogP) is 5.62. The van der Waals surface area contributed by atoms with Crippen molar-refractivity contribution in [2.75, 3.05) is 5.32 Å². The van der Waals surface area contributed by atoms with Gasteiger partial charge in [-0.1, -0.05) is 17.7 Å². The molecule has 3 aromatic rings. The van der Waals surface area contributed by atoms with Crippen LogP contribution < -0.4 is 5.32 Å². The molecular weight excluding hydrogens is 295 g/mol. The van der Waals surface area contributed by atoms with E-state index in [9.17, 15) is 4.39 Å². The van der Waals surface area contributed by atoms with Gasteiger partial charge in [0.25, 0.3) is 0 Å². The first-order valence-corrected chi connectivity index (χ1v) is 7.97. The molecular formula is C18H17FN2S. The highest BCUT2D eigenvalue weighted by Crippen LogP contribution is 2.29. The Hall–Kier alpha value is -2.20. The molecule has 0 radical (unpaired) electrons. The van der Waals surface area contributed by atoms with Crippen molar-refractivity contribution in [2.24, 2.45) is 0 Å². The highest BCUT2D eigenvalue weighted by atomic mass is 32.1. The van der Waals surface area contributed by atoms with Gasteiger partial charge in [0.1, 0.15) is 5.82 Å². The van der Waals surface area contributed by atoms with Crippen molar-refractivity contribution in [2.45, 2.75) is 20.8 Å². The van der Waals surface area contributed by atoms with E-state index in [4.69, 9.17) is 0 Å². The number of thiazole rings is 1. The molecule has 1 heterocycles. The van der Waals surface area contributed by atoms with Crippen molar-refractivity contribution >= 4 is 22.2 Å². The highest BCUT2D eigenvalue weighted by Gasteiger charge is 2.08. The Balaban J connectivity index is 1.85. The minimum Gasteiger partial charge on any atom is -0.331 e. The first-order valence-electron chi connectivity index (χ1n) is 7.09. The Labute approximate surface area is 133 Å². The Morgan fingerprint density at radius 1 is 1.00 bits per heavy atom. The zero-order chi connectivity index (χ0) is 15.7. The lowest BCUT2D eigenvalue weighted by atomic mass is 10.1. The minimum atomic E-state index is -0.187. The van der Waals surface area contributed by atoms with Gasteiger partial charge in [0.05, 0.1) is 5.69 Å². The van der Waals surface area contributed by atoms with Gasteiger partial charge in [0, 0.05) is 16.6 Å². The summed E-state index contributed by atoms with van der Waals surface area (Å²) in [6.07, 6.45) is 0. The number of aromatic nitrogens is 1. The molecule has 4 heteroatoms. The second-order valence-electron chi connectivity index (χ2n) is 5.45. The second kappa shape index (κ2) is 5.89. The fourth-order valence-electron chi connectivity index (χ4n) is 2.34. The third-order valence-corrected chi connectivity index (χ3v) is 4.34. The van der Waals surface area contributed by atoms with Crippen molar-refractivity contribution in [3.05, 3.63) is 64.3 Å². The van der Waals surface area contributed by atoms with E-state index in [1.54, 1.807) is 24.3 Å². The molecule has 0 amide bonds. The number of halogens is 1. The summed E-state index contributed by atoms with van der Waals surface area (Å²) in [6.45, 7) is 5.92. The molecule has 1 N–H and O–H groups in total. The van der Waals surface area contributed by atoms with Gasteiger partial charge in [-0.05, 0) is 56.2 Å². The van der Waals surface area contributed by atoms with Crippen LogP contribution in [0.2, 0.25) is 0 Å². The lowest BCUT2D eigenvalue weighted by molar-refractivity contribution is 0.619. The van der Waals surface area contributed by atoms with Crippen molar-refractivity contribution < 1.29 is 4.39 Å². The van der Waals surface area contributed by atoms with E-state index in [1.165, 1.54) is 17.2 Å². The Morgan fingerprint density at radius 2 is 1.82 bits per heavy atom. The fourth-order valence-corrected chi connectivity index (χ4v) is 3.07. The Morgan fingerprint density at radius 3 is 2.55 bits per heavy atom. The number of rotatable bonds is 3. The van der Waals surface area contributed by atoms with E-state index in [-0.39, 0.29) is 5.82 Å². The zero-order valence-corrected chi connectivity index (χ0v) is 13.6. The number of nitrogens with zero attached hydrogens (tertiary/aromatic N) is 1. The quantitative estimate of drug-likeness (QED) is 0.679. The van der Waals surface area contributed by atoms with Crippen LogP contribution >= 0.6 is 11.3 Å². The van der Waals surface area contributed by atoms with Crippen LogP contribution in [0.15, 0.2) is 41.8 Å². The molecule has 0 saturated carbocycles. The summed E-state index contributed by atoms with van der Waals surface area (Å²) in [7, 11) is 0. The lowest BCUT2D eigenvalue weighted by Gasteiger charge is -2.07. The number of anilines is 2. The SMILES string of the molecule is Cc1ccc(Nc2nc(-c3ccc(F)c(C)c3)cs2)c(C)c1. The number of benzene rings is 2. The van der Waals surface area contributed by atoms with Gasteiger partial charge < -0.3 is 5.32 Å². The first-order chi connectivity index (χ1) is 10.5.